The summed E-state index contributed by atoms with van der Waals surface area (Å²) in [4.78, 5) is 28.8. The summed E-state index contributed by atoms with van der Waals surface area (Å²) in [7, 11) is 0. The number of hydrogen-bond donors (Lipinski definition) is 2. The Morgan fingerprint density at radius 1 is 0.769 bits per heavy atom. The summed E-state index contributed by atoms with van der Waals surface area (Å²) < 4.78 is 11.1. The Balaban J connectivity index is 1.82. The number of anilines is 1. The molecule has 5 aromatic rings. The van der Waals surface area contributed by atoms with E-state index < -0.39 is 17.2 Å². The van der Waals surface area contributed by atoms with E-state index in [2.05, 4.69) is 0 Å². The van der Waals surface area contributed by atoms with E-state index in [-0.39, 0.29) is 33.8 Å². The van der Waals surface area contributed by atoms with Crippen molar-refractivity contribution in [2.75, 3.05) is 29.7 Å². The maximum atomic E-state index is 13.4. The van der Waals surface area contributed by atoms with Crippen LogP contribution in [0.4, 0.5) is 5.69 Å². The van der Waals surface area contributed by atoms with Crippen molar-refractivity contribution < 1.29 is 19.0 Å². The number of fused-ring (bicyclic) bond motifs is 2. The van der Waals surface area contributed by atoms with Crippen molar-refractivity contribution in [3.8, 4) is 11.5 Å². The van der Waals surface area contributed by atoms with E-state index in [4.69, 9.17) is 32.0 Å². The van der Waals surface area contributed by atoms with Crippen LogP contribution in [-0.2, 0) is 0 Å². The molecule has 0 aliphatic carbocycles. The first kappa shape index (κ1) is 26.7. The Kier molecular flexibility index (Phi) is 7.55. The van der Waals surface area contributed by atoms with Crippen LogP contribution in [-0.4, -0.2) is 35.1 Å². The predicted molar refractivity (Wildman–Crippen MR) is 154 cm³/mol. The van der Waals surface area contributed by atoms with Gasteiger partial charge in [0.15, 0.2) is 0 Å². The van der Waals surface area contributed by atoms with Crippen LogP contribution < -0.4 is 16.2 Å². The Labute approximate surface area is 233 Å². The zero-order chi connectivity index (χ0) is 27.7. The third kappa shape index (κ3) is 4.84. The smallest absolute Gasteiger partial charge is 0.344 e. The van der Waals surface area contributed by atoms with Crippen LogP contribution in [0, 0.1) is 6.92 Å². The average Bonchev–Trinajstić information content (AvgIpc) is 2.92. The number of rotatable bonds is 8. The molecule has 2 heterocycles. The van der Waals surface area contributed by atoms with Crippen molar-refractivity contribution in [1.29, 1.82) is 0 Å². The monoisotopic (exact) mass is 565 g/mol. The lowest BCUT2D eigenvalue weighted by Crippen LogP contribution is -2.28. The van der Waals surface area contributed by atoms with Crippen molar-refractivity contribution in [1.82, 2.24) is 0 Å². The second-order valence-corrected chi connectivity index (χ2v) is 9.89. The molecule has 0 aliphatic rings. The first-order valence-corrected chi connectivity index (χ1v) is 13.4. The van der Waals surface area contributed by atoms with E-state index >= 15 is 0 Å². The molecule has 0 bridgehead atoms. The van der Waals surface area contributed by atoms with E-state index in [0.29, 0.717) is 46.7 Å². The predicted octanol–water partition coefficient (Wildman–Crippen LogP) is 6.08. The van der Waals surface area contributed by atoms with Crippen LogP contribution in [0.15, 0.2) is 85.2 Å². The summed E-state index contributed by atoms with van der Waals surface area (Å²) in [6, 6.07) is 18.6. The number of nitrogens with zero attached hydrogens (tertiary/aromatic N) is 1. The molecule has 7 nitrogen and oxygen atoms in total. The zero-order valence-corrected chi connectivity index (χ0v) is 22.5. The Bertz CT molecular complexity index is 1690. The van der Waals surface area contributed by atoms with E-state index in [0.717, 1.165) is 5.69 Å². The first-order chi connectivity index (χ1) is 18.8. The normalized spacial score (nSPS) is 11.5. The summed E-state index contributed by atoms with van der Waals surface area (Å²) in [6.07, 6.45) is 0. The molecule has 0 unspecified atom stereocenters. The number of aromatic hydroxyl groups is 2. The number of alkyl halides is 2. The minimum Gasteiger partial charge on any atom is -0.507 e. The number of hydrogen-bond acceptors (Lipinski definition) is 7. The van der Waals surface area contributed by atoms with Gasteiger partial charge in [0.2, 0.25) is 0 Å². The molecule has 39 heavy (non-hydrogen) atoms. The number of halogens is 2. The molecule has 2 aromatic heterocycles. The van der Waals surface area contributed by atoms with Crippen LogP contribution in [0.2, 0.25) is 0 Å². The molecule has 0 atom stereocenters. The molecule has 0 amide bonds. The molecule has 5 rings (SSSR count). The maximum Gasteiger partial charge on any atom is 0.344 e. The Morgan fingerprint density at radius 3 is 1.72 bits per heavy atom. The van der Waals surface area contributed by atoms with Gasteiger partial charge in [-0.1, -0.05) is 30.3 Å². The zero-order valence-electron chi connectivity index (χ0n) is 21.0. The van der Waals surface area contributed by atoms with Gasteiger partial charge in [-0.05, 0) is 54.4 Å². The fourth-order valence-electron chi connectivity index (χ4n) is 5.01. The minimum absolute atomic E-state index is 0.180. The van der Waals surface area contributed by atoms with E-state index in [9.17, 15) is 19.8 Å². The lowest BCUT2D eigenvalue weighted by Gasteiger charge is -2.26. The third-order valence-corrected chi connectivity index (χ3v) is 7.19. The van der Waals surface area contributed by atoms with Crippen molar-refractivity contribution in [3.63, 3.8) is 0 Å². The van der Waals surface area contributed by atoms with Gasteiger partial charge in [-0.3, -0.25) is 0 Å². The second-order valence-electron chi connectivity index (χ2n) is 9.13. The van der Waals surface area contributed by atoms with E-state index in [1.807, 2.05) is 24.0 Å². The minimum atomic E-state index is -1.20. The summed E-state index contributed by atoms with van der Waals surface area (Å²) >= 11 is 12.0. The number of para-hydroxylation sites is 2. The first-order valence-electron chi connectivity index (χ1n) is 12.3. The highest BCUT2D eigenvalue weighted by Gasteiger charge is 2.33. The third-order valence-electron chi connectivity index (χ3n) is 6.86. The van der Waals surface area contributed by atoms with Crippen LogP contribution >= 0.6 is 23.2 Å². The molecule has 3 aromatic carbocycles. The highest BCUT2D eigenvalue weighted by atomic mass is 35.5. The highest BCUT2D eigenvalue weighted by Crippen LogP contribution is 2.43. The number of benzene rings is 3. The summed E-state index contributed by atoms with van der Waals surface area (Å²) in [5.41, 5.74) is 0.415. The van der Waals surface area contributed by atoms with Crippen molar-refractivity contribution in [3.05, 3.63) is 110 Å². The van der Waals surface area contributed by atoms with Gasteiger partial charge in [0.25, 0.3) is 0 Å². The van der Waals surface area contributed by atoms with Gasteiger partial charge in [-0.2, -0.15) is 0 Å². The second kappa shape index (κ2) is 11.0. The summed E-state index contributed by atoms with van der Waals surface area (Å²) in [6.45, 7) is 2.96. The fourth-order valence-corrected chi connectivity index (χ4v) is 5.42. The average molecular weight is 566 g/mol. The SMILES string of the molecule is Cc1cc(N(CCCl)CCCl)ccc1C(c1c(O)c2ccccc2oc1=O)c1c(O)c2ccccc2oc1=O. The maximum absolute atomic E-state index is 13.4. The Morgan fingerprint density at radius 2 is 1.26 bits per heavy atom. The molecule has 9 heteroatoms. The molecule has 0 saturated carbocycles. The number of aryl methyl sites for hydroxylation is 1. The van der Waals surface area contributed by atoms with Gasteiger partial charge >= 0.3 is 11.3 Å². The van der Waals surface area contributed by atoms with Gasteiger partial charge in [0, 0.05) is 30.5 Å². The van der Waals surface area contributed by atoms with Gasteiger partial charge in [0.05, 0.1) is 27.8 Å². The van der Waals surface area contributed by atoms with Crippen LogP contribution in [0.25, 0.3) is 21.9 Å². The molecule has 0 aliphatic heterocycles. The largest absolute Gasteiger partial charge is 0.507 e. The summed E-state index contributed by atoms with van der Waals surface area (Å²) in [5.74, 6) is -1.08. The van der Waals surface area contributed by atoms with Gasteiger partial charge < -0.3 is 23.9 Å². The van der Waals surface area contributed by atoms with Gasteiger partial charge in [0.1, 0.15) is 22.7 Å². The summed E-state index contributed by atoms with van der Waals surface area (Å²) in [5, 5.41) is 23.4. The lowest BCUT2D eigenvalue weighted by molar-refractivity contribution is 0.441. The van der Waals surface area contributed by atoms with Crippen molar-refractivity contribution >= 4 is 50.8 Å². The molecule has 0 spiro atoms. The van der Waals surface area contributed by atoms with Crippen molar-refractivity contribution in [2.45, 2.75) is 12.8 Å². The molecular formula is C30H25Cl2NO6. The highest BCUT2D eigenvalue weighted by molar-refractivity contribution is 6.18. The fraction of sp³-hybridized carbons (Fsp3) is 0.200. The van der Waals surface area contributed by atoms with Crippen LogP contribution in [0.1, 0.15) is 28.2 Å². The standard InChI is InChI=1S/C30H25Cl2NO6/c1-17-16-18(33(14-12-31)15-13-32)10-11-19(17)24(25-27(34)20-6-2-4-8-22(20)38-29(25)36)26-28(35)21-7-3-5-9-23(21)39-30(26)37/h2-11,16,24,34-35H,12-15H2,1H3. The molecule has 0 radical (unpaired) electrons. The van der Waals surface area contributed by atoms with Gasteiger partial charge in [-0.25, -0.2) is 9.59 Å². The van der Waals surface area contributed by atoms with Crippen LogP contribution in [0.3, 0.4) is 0 Å². The van der Waals surface area contributed by atoms with Crippen molar-refractivity contribution in [2.24, 2.45) is 0 Å². The molecule has 0 fully saturated rings. The molecule has 0 saturated heterocycles. The molecule has 2 N–H and O–H groups in total. The van der Waals surface area contributed by atoms with E-state index in [1.54, 1.807) is 54.6 Å². The molecule has 200 valence electrons. The lowest BCUT2D eigenvalue weighted by atomic mass is 9.82. The molecular weight excluding hydrogens is 541 g/mol. The van der Waals surface area contributed by atoms with E-state index in [1.165, 1.54) is 0 Å². The quantitative estimate of drug-likeness (QED) is 0.173. The Hall–Kier alpha value is -3.94. The van der Waals surface area contributed by atoms with Gasteiger partial charge in [-0.15, -0.1) is 23.2 Å². The topological polar surface area (TPSA) is 104 Å². The van der Waals surface area contributed by atoms with Crippen LogP contribution in [0.5, 0.6) is 11.5 Å².